The van der Waals surface area contributed by atoms with Gasteiger partial charge in [-0.2, -0.15) is 0 Å². The highest BCUT2D eigenvalue weighted by Crippen LogP contribution is 2.44. The van der Waals surface area contributed by atoms with Crippen molar-refractivity contribution in [1.82, 2.24) is 0 Å². The number of nitrogens with two attached hydrogens (primary N) is 1. The highest BCUT2D eigenvalue weighted by Gasteiger charge is 2.45. The minimum absolute atomic E-state index is 0.0192. The first-order valence-corrected chi connectivity index (χ1v) is 18.4. The predicted molar refractivity (Wildman–Crippen MR) is 184 cm³/mol. The summed E-state index contributed by atoms with van der Waals surface area (Å²) in [5.41, 5.74) is 2.88. The summed E-state index contributed by atoms with van der Waals surface area (Å²) in [4.78, 5) is 53.8. The smallest absolute Gasteiger partial charge is 0.311 e. The van der Waals surface area contributed by atoms with Gasteiger partial charge in [0.2, 0.25) is 5.91 Å². The molecular formula is C38H67NO8. The van der Waals surface area contributed by atoms with Crippen LogP contribution < -0.4 is 5.73 Å². The van der Waals surface area contributed by atoms with E-state index >= 15 is 0 Å². The summed E-state index contributed by atoms with van der Waals surface area (Å²) >= 11 is 0. The fourth-order valence-corrected chi connectivity index (χ4v) is 7.02. The molecule has 0 spiro atoms. The van der Waals surface area contributed by atoms with Crippen LogP contribution in [0.1, 0.15) is 145 Å². The maximum absolute atomic E-state index is 14.3. The number of hydrogen-bond acceptors (Lipinski definition) is 8. The van der Waals surface area contributed by atoms with Crippen LogP contribution in [0.25, 0.3) is 0 Å². The van der Waals surface area contributed by atoms with E-state index in [1.54, 1.807) is 0 Å². The van der Waals surface area contributed by atoms with Gasteiger partial charge in [0.05, 0.1) is 25.2 Å². The molecule has 0 aromatic carbocycles. The highest BCUT2D eigenvalue weighted by molar-refractivity contribution is 5.88. The number of ketones is 2. The van der Waals surface area contributed by atoms with Crippen LogP contribution in [0.3, 0.4) is 0 Å². The number of ether oxygens (including phenoxy) is 4. The maximum atomic E-state index is 14.3. The molecule has 1 amide bonds. The molecule has 47 heavy (non-hydrogen) atoms. The third kappa shape index (κ3) is 13.9. The zero-order chi connectivity index (χ0) is 35.3. The molecule has 0 aliphatic carbocycles. The van der Waals surface area contributed by atoms with Gasteiger partial charge in [0, 0.05) is 35.7 Å². The monoisotopic (exact) mass is 665 g/mol. The van der Waals surface area contributed by atoms with E-state index < -0.39 is 16.2 Å². The summed E-state index contributed by atoms with van der Waals surface area (Å²) in [7, 11) is 0. The molecule has 2 heterocycles. The predicted octanol–water partition coefficient (Wildman–Crippen LogP) is 7.15. The molecule has 9 heteroatoms. The molecule has 2 aliphatic rings. The molecule has 0 aromatic rings. The lowest BCUT2D eigenvalue weighted by Crippen LogP contribution is -2.42. The molecule has 272 valence electrons. The van der Waals surface area contributed by atoms with Gasteiger partial charge < -0.3 is 24.7 Å². The van der Waals surface area contributed by atoms with Gasteiger partial charge in [-0.05, 0) is 64.7 Å². The van der Waals surface area contributed by atoms with E-state index in [0.717, 1.165) is 44.9 Å². The zero-order valence-corrected chi connectivity index (χ0v) is 31.0. The topological polar surface area (TPSA) is 138 Å². The van der Waals surface area contributed by atoms with Crippen molar-refractivity contribution < 1.29 is 38.1 Å². The Bertz CT molecular complexity index is 1020. The first-order valence-electron chi connectivity index (χ1n) is 18.4. The lowest BCUT2D eigenvalue weighted by molar-refractivity contribution is -0.157. The van der Waals surface area contributed by atoms with Crippen LogP contribution in [-0.4, -0.2) is 68.7 Å². The van der Waals surface area contributed by atoms with Crippen molar-refractivity contribution in [2.75, 3.05) is 33.0 Å². The second-order valence-corrected chi connectivity index (χ2v) is 16.0. The molecule has 0 radical (unpaired) electrons. The van der Waals surface area contributed by atoms with E-state index in [1.807, 2.05) is 34.6 Å². The van der Waals surface area contributed by atoms with Gasteiger partial charge in [0.15, 0.2) is 0 Å². The van der Waals surface area contributed by atoms with Crippen LogP contribution >= 0.6 is 0 Å². The van der Waals surface area contributed by atoms with Gasteiger partial charge in [-0.15, -0.1) is 0 Å². The van der Waals surface area contributed by atoms with Crippen molar-refractivity contribution in [3.63, 3.8) is 0 Å². The van der Waals surface area contributed by atoms with E-state index in [9.17, 15) is 19.2 Å². The zero-order valence-electron chi connectivity index (χ0n) is 31.0. The van der Waals surface area contributed by atoms with Gasteiger partial charge in [0.25, 0.3) is 0 Å². The third-order valence-corrected chi connectivity index (χ3v) is 10.7. The standard InChI is InChI=1S/C38H67NO8/c1-9-12-14-19-37(7,18-13-10-2)31(40)16-15-17-32(41)38(8,27-35(4,5)34(43)47-26-30-25-46-30)21-28(22-44-23-29-24-45-29)20-36(6,11-3)33(39)42/h28-30H,9-27H2,1-8H3,(H2,39,42). The van der Waals surface area contributed by atoms with Crippen LogP contribution in [0.4, 0.5) is 0 Å². The van der Waals surface area contributed by atoms with Crippen LogP contribution in [0.2, 0.25) is 0 Å². The Morgan fingerprint density at radius 3 is 1.81 bits per heavy atom. The Labute approximate surface area is 285 Å². The third-order valence-electron chi connectivity index (χ3n) is 10.7. The van der Waals surface area contributed by atoms with Crippen LogP contribution in [-0.2, 0) is 38.1 Å². The van der Waals surface area contributed by atoms with Crippen molar-refractivity contribution in [2.24, 2.45) is 33.3 Å². The summed E-state index contributed by atoms with van der Waals surface area (Å²) in [6.07, 6.45) is 9.92. The van der Waals surface area contributed by atoms with E-state index in [2.05, 4.69) is 20.8 Å². The van der Waals surface area contributed by atoms with Crippen molar-refractivity contribution in [1.29, 1.82) is 0 Å². The summed E-state index contributed by atoms with van der Waals surface area (Å²) in [6, 6.07) is 0. The Hall–Kier alpha value is -1.84. The largest absolute Gasteiger partial charge is 0.462 e. The summed E-state index contributed by atoms with van der Waals surface area (Å²) in [6.45, 7) is 18.1. The Morgan fingerprint density at radius 1 is 0.745 bits per heavy atom. The number of rotatable bonds is 28. The van der Waals surface area contributed by atoms with Gasteiger partial charge in [0.1, 0.15) is 30.4 Å². The quantitative estimate of drug-likeness (QED) is 0.0528. The fourth-order valence-electron chi connectivity index (χ4n) is 7.02. The number of Topliss-reactive ketones (excluding diaryl/α,β-unsaturated/α-hetero) is 2. The molecule has 9 nitrogen and oxygen atoms in total. The molecule has 0 aromatic heterocycles. The molecule has 6 unspecified atom stereocenters. The van der Waals surface area contributed by atoms with Crippen molar-refractivity contribution in [3.8, 4) is 0 Å². The first kappa shape index (κ1) is 41.3. The maximum Gasteiger partial charge on any atom is 0.311 e. The van der Waals surface area contributed by atoms with Crippen LogP contribution in [0.5, 0.6) is 0 Å². The molecule has 2 fully saturated rings. The molecule has 0 bridgehead atoms. The Balaban J connectivity index is 2.26. The number of primary amides is 1. The number of epoxide rings is 2. The van der Waals surface area contributed by atoms with E-state index in [-0.39, 0.29) is 66.4 Å². The highest BCUT2D eigenvalue weighted by atomic mass is 16.6. The van der Waals surface area contributed by atoms with Crippen LogP contribution in [0, 0.1) is 27.6 Å². The minimum Gasteiger partial charge on any atom is -0.462 e. The van der Waals surface area contributed by atoms with Gasteiger partial charge >= 0.3 is 5.97 Å². The SMILES string of the molecule is CCCCCC(C)(CCCC)C(=O)CCCC(=O)C(C)(CC(COCC1CO1)CC(C)(CC)C(N)=O)CC(C)(C)C(=O)OCC1CO1. The molecule has 0 saturated carbocycles. The Morgan fingerprint density at radius 2 is 1.28 bits per heavy atom. The number of amides is 1. The van der Waals surface area contributed by atoms with Crippen LogP contribution in [0.15, 0.2) is 0 Å². The van der Waals surface area contributed by atoms with E-state index in [1.165, 1.54) is 0 Å². The molecular weight excluding hydrogens is 598 g/mol. The van der Waals surface area contributed by atoms with Crippen molar-refractivity contribution >= 4 is 23.4 Å². The number of hydrogen-bond donors (Lipinski definition) is 1. The lowest BCUT2D eigenvalue weighted by atomic mass is 9.64. The lowest BCUT2D eigenvalue weighted by Gasteiger charge is -2.39. The van der Waals surface area contributed by atoms with Crippen molar-refractivity contribution in [2.45, 2.75) is 157 Å². The van der Waals surface area contributed by atoms with Gasteiger partial charge in [-0.25, -0.2) is 0 Å². The second-order valence-electron chi connectivity index (χ2n) is 16.0. The Kier molecular flexibility index (Phi) is 16.5. The molecule has 2 N–H and O–H groups in total. The second kappa shape index (κ2) is 18.8. The average molecular weight is 666 g/mol. The summed E-state index contributed by atoms with van der Waals surface area (Å²) < 4.78 is 22.2. The minimum atomic E-state index is -0.946. The number of carbonyl (C=O) groups is 4. The first-order chi connectivity index (χ1) is 22.0. The fraction of sp³-hybridized carbons (Fsp3) is 0.895. The number of unbranched alkanes of at least 4 members (excludes halogenated alkanes) is 3. The summed E-state index contributed by atoms with van der Waals surface area (Å²) in [5, 5.41) is 0. The van der Waals surface area contributed by atoms with Gasteiger partial charge in [-0.1, -0.05) is 73.6 Å². The van der Waals surface area contributed by atoms with Crippen molar-refractivity contribution in [3.05, 3.63) is 0 Å². The molecule has 6 atom stereocenters. The van der Waals surface area contributed by atoms with Gasteiger partial charge in [-0.3, -0.25) is 19.2 Å². The molecule has 2 saturated heterocycles. The molecule has 2 rings (SSSR count). The molecule has 2 aliphatic heterocycles. The van der Waals surface area contributed by atoms with E-state index in [0.29, 0.717) is 58.5 Å². The number of esters is 1. The normalized spacial score (nSPS) is 22.0. The summed E-state index contributed by atoms with van der Waals surface area (Å²) in [5.74, 6) is -0.639. The number of carbonyl (C=O) groups excluding carboxylic acids is 4. The average Bonchev–Trinajstić information content (AvgIpc) is 3.94. The van der Waals surface area contributed by atoms with E-state index in [4.69, 9.17) is 24.7 Å².